The molecule has 0 aliphatic carbocycles. The predicted octanol–water partition coefficient (Wildman–Crippen LogP) is 4.65. The first-order chi connectivity index (χ1) is 13.4. The number of amides is 2. The van der Waals surface area contributed by atoms with Gasteiger partial charge in [0.1, 0.15) is 0 Å². The molecule has 3 N–H and O–H groups in total. The summed E-state index contributed by atoms with van der Waals surface area (Å²) in [5.41, 5.74) is 1.38. The number of rotatable bonds is 5. The highest BCUT2D eigenvalue weighted by Gasteiger charge is 2.15. The van der Waals surface area contributed by atoms with Gasteiger partial charge in [-0.3, -0.25) is 9.59 Å². The van der Waals surface area contributed by atoms with E-state index in [0.29, 0.717) is 15.7 Å². The fraction of sp³-hybridized carbons (Fsp3) is 0. The number of aromatic carboxylic acids is 1. The van der Waals surface area contributed by atoms with Crippen molar-refractivity contribution in [2.24, 2.45) is 0 Å². The number of carboxylic acids is 1. The summed E-state index contributed by atoms with van der Waals surface area (Å²) < 4.78 is 0.591. The Morgan fingerprint density at radius 3 is 2.14 bits per heavy atom. The molecule has 0 radical (unpaired) electrons. The fourth-order valence-electron chi connectivity index (χ4n) is 2.53. The Kier molecular flexibility index (Phi) is 5.86. The number of nitrogens with one attached hydrogen (secondary N) is 2. The summed E-state index contributed by atoms with van der Waals surface area (Å²) in [5, 5.41) is 14.6. The lowest BCUT2D eigenvalue weighted by Crippen LogP contribution is -2.16. The Balaban J connectivity index is 1.78. The van der Waals surface area contributed by atoms with Crippen LogP contribution in [0.25, 0.3) is 0 Å². The minimum absolute atomic E-state index is 0.0312. The zero-order valence-electron chi connectivity index (χ0n) is 14.5. The average molecular weight is 439 g/mol. The Morgan fingerprint density at radius 1 is 0.750 bits per heavy atom. The average Bonchev–Trinajstić information content (AvgIpc) is 2.70. The van der Waals surface area contributed by atoms with E-state index in [0.717, 1.165) is 0 Å². The molecule has 0 atom stereocenters. The first kappa shape index (κ1) is 19.3. The van der Waals surface area contributed by atoms with Gasteiger partial charge in [-0.1, -0.05) is 40.2 Å². The van der Waals surface area contributed by atoms with E-state index in [2.05, 4.69) is 26.6 Å². The van der Waals surface area contributed by atoms with Gasteiger partial charge in [0.05, 0.1) is 11.3 Å². The zero-order chi connectivity index (χ0) is 20.1. The lowest BCUT2D eigenvalue weighted by molar-refractivity contribution is 0.0697. The second-order valence-electron chi connectivity index (χ2n) is 5.85. The standard InChI is InChI=1S/C21H15BrN2O4/c22-15-9-10-18(17(12-15)21(27)28)24-20(26)14-7-4-8-16(11-14)23-19(25)13-5-2-1-3-6-13/h1-12H,(H,23,25)(H,24,26)(H,27,28). The number of carbonyl (C=O) groups excluding carboxylic acids is 2. The summed E-state index contributed by atoms with van der Waals surface area (Å²) >= 11 is 3.21. The van der Waals surface area contributed by atoms with Crippen LogP contribution in [0.15, 0.2) is 77.3 Å². The third-order valence-electron chi connectivity index (χ3n) is 3.88. The molecule has 0 spiro atoms. The first-order valence-corrected chi connectivity index (χ1v) is 9.04. The van der Waals surface area contributed by atoms with Gasteiger partial charge in [0.25, 0.3) is 11.8 Å². The molecule has 0 heterocycles. The first-order valence-electron chi connectivity index (χ1n) is 8.25. The van der Waals surface area contributed by atoms with Crippen molar-refractivity contribution in [2.45, 2.75) is 0 Å². The van der Waals surface area contributed by atoms with Crippen molar-refractivity contribution in [3.8, 4) is 0 Å². The van der Waals surface area contributed by atoms with Crippen LogP contribution in [-0.2, 0) is 0 Å². The second kappa shape index (κ2) is 8.49. The van der Waals surface area contributed by atoms with Gasteiger partial charge < -0.3 is 15.7 Å². The number of carbonyl (C=O) groups is 3. The molecule has 0 aliphatic rings. The maximum Gasteiger partial charge on any atom is 0.337 e. The van der Waals surface area contributed by atoms with E-state index in [1.54, 1.807) is 48.5 Å². The molecule has 0 saturated heterocycles. The Labute approximate surface area is 169 Å². The summed E-state index contributed by atoms with van der Waals surface area (Å²) in [6, 6.07) is 19.7. The van der Waals surface area contributed by atoms with Gasteiger partial charge in [0.2, 0.25) is 0 Å². The number of carboxylic acid groups (broad SMARTS) is 1. The van der Waals surface area contributed by atoms with E-state index in [1.165, 1.54) is 18.2 Å². The van der Waals surface area contributed by atoms with Gasteiger partial charge in [-0.2, -0.15) is 0 Å². The molecule has 28 heavy (non-hydrogen) atoms. The van der Waals surface area contributed by atoms with Crippen LogP contribution in [0.1, 0.15) is 31.1 Å². The third kappa shape index (κ3) is 4.63. The van der Waals surface area contributed by atoms with Crippen LogP contribution >= 0.6 is 15.9 Å². The van der Waals surface area contributed by atoms with Gasteiger partial charge >= 0.3 is 5.97 Å². The van der Waals surface area contributed by atoms with Crippen molar-refractivity contribution < 1.29 is 19.5 Å². The molecule has 0 saturated carbocycles. The number of hydrogen-bond donors (Lipinski definition) is 3. The lowest BCUT2D eigenvalue weighted by Gasteiger charge is -2.10. The van der Waals surface area contributed by atoms with Gasteiger partial charge in [-0.25, -0.2) is 4.79 Å². The van der Waals surface area contributed by atoms with Gasteiger partial charge in [-0.05, 0) is 48.5 Å². The van der Waals surface area contributed by atoms with Crippen molar-refractivity contribution in [2.75, 3.05) is 10.6 Å². The van der Waals surface area contributed by atoms with Gasteiger partial charge in [0.15, 0.2) is 0 Å². The van der Waals surface area contributed by atoms with E-state index in [4.69, 9.17) is 0 Å². The Morgan fingerprint density at radius 2 is 1.43 bits per heavy atom. The zero-order valence-corrected chi connectivity index (χ0v) is 16.1. The molecule has 7 heteroatoms. The Bertz CT molecular complexity index is 1050. The van der Waals surface area contributed by atoms with E-state index < -0.39 is 11.9 Å². The molecule has 2 amide bonds. The van der Waals surface area contributed by atoms with E-state index in [-0.39, 0.29) is 22.7 Å². The topological polar surface area (TPSA) is 95.5 Å². The number of halogens is 1. The Hall–Kier alpha value is -3.45. The van der Waals surface area contributed by atoms with E-state index in [1.807, 2.05) is 6.07 Å². The monoisotopic (exact) mass is 438 g/mol. The summed E-state index contributed by atoms with van der Waals surface area (Å²) in [4.78, 5) is 36.2. The minimum atomic E-state index is -1.15. The molecule has 0 bridgehead atoms. The molecular formula is C21H15BrN2O4. The maximum atomic E-state index is 12.6. The van der Waals surface area contributed by atoms with Gasteiger partial charge in [-0.15, -0.1) is 0 Å². The third-order valence-corrected chi connectivity index (χ3v) is 4.37. The summed E-state index contributed by atoms with van der Waals surface area (Å²) in [7, 11) is 0. The highest BCUT2D eigenvalue weighted by atomic mass is 79.9. The van der Waals surface area contributed by atoms with Crippen LogP contribution < -0.4 is 10.6 Å². The highest BCUT2D eigenvalue weighted by Crippen LogP contribution is 2.22. The molecule has 0 aromatic heterocycles. The fourth-order valence-corrected chi connectivity index (χ4v) is 2.89. The molecule has 3 rings (SSSR count). The summed E-state index contributed by atoms with van der Waals surface area (Å²) in [6.45, 7) is 0. The lowest BCUT2D eigenvalue weighted by atomic mass is 10.1. The highest BCUT2D eigenvalue weighted by molar-refractivity contribution is 9.10. The van der Waals surface area contributed by atoms with Crippen LogP contribution in [0.5, 0.6) is 0 Å². The SMILES string of the molecule is O=C(Nc1cccc(C(=O)Nc2ccc(Br)cc2C(=O)O)c1)c1ccccc1. The van der Waals surface area contributed by atoms with Crippen molar-refractivity contribution in [3.05, 3.63) is 94.0 Å². The minimum Gasteiger partial charge on any atom is -0.478 e. The number of benzene rings is 3. The summed E-state index contributed by atoms with van der Waals surface area (Å²) in [5.74, 6) is -1.93. The van der Waals surface area contributed by atoms with Crippen LogP contribution in [-0.4, -0.2) is 22.9 Å². The van der Waals surface area contributed by atoms with Crippen molar-refractivity contribution in [3.63, 3.8) is 0 Å². The quantitative estimate of drug-likeness (QED) is 0.539. The molecule has 0 unspecified atom stereocenters. The molecule has 0 fully saturated rings. The van der Waals surface area contributed by atoms with Crippen molar-refractivity contribution in [1.29, 1.82) is 0 Å². The molecule has 3 aromatic carbocycles. The molecular weight excluding hydrogens is 424 g/mol. The molecule has 6 nitrogen and oxygen atoms in total. The van der Waals surface area contributed by atoms with Crippen molar-refractivity contribution in [1.82, 2.24) is 0 Å². The molecule has 3 aromatic rings. The van der Waals surface area contributed by atoms with Crippen LogP contribution in [0, 0.1) is 0 Å². The molecule has 140 valence electrons. The van der Waals surface area contributed by atoms with E-state index in [9.17, 15) is 19.5 Å². The van der Waals surface area contributed by atoms with Crippen LogP contribution in [0.3, 0.4) is 0 Å². The smallest absolute Gasteiger partial charge is 0.337 e. The van der Waals surface area contributed by atoms with Gasteiger partial charge in [0, 0.05) is 21.3 Å². The maximum absolute atomic E-state index is 12.6. The predicted molar refractivity (Wildman–Crippen MR) is 110 cm³/mol. The van der Waals surface area contributed by atoms with Crippen molar-refractivity contribution >= 4 is 45.1 Å². The second-order valence-corrected chi connectivity index (χ2v) is 6.77. The number of anilines is 2. The van der Waals surface area contributed by atoms with Crippen LogP contribution in [0.2, 0.25) is 0 Å². The summed E-state index contributed by atoms with van der Waals surface area (Å²) in [6.07, 6.45) is 0. The largest absolute Gasteiger partial charge is 0.478 e. The van der Waals surface area contributed by atoms with Crippen LogP contribution in [0.4, 0.5) is 11.4 Å². The number of hydrogen-bond acceptors (Lipinski definition) is 3. The van der Waals surface area contributed by atoms with E-state index >= 15 is 0 Å². The molecule has 0 aliphatic heterocycles. The normalized spacial score (nSPS) is 10.2.